The van der Waals surface area contributed by atoms with E-state index in [0.29, 0.717) is 5.25 Å². The summed E-state index contributed by atoms with van der Waals surface area (Å²) in [5.41, 5.74) is 3.92. The predicted octanol–water partition coefficient (Wildman–Crippen LogP) is 3.54. The maximum Gasteiger partial charge on any atom is 0.138 e. The summed E-state index contributed by atoms with van der Waals surface area (Å²) in [6.07, 6.45) is 5.79. The Morgan fingerprint density at radius 1 is 1.14 bits per heavy atom. The molecule has 1 aromatic heterocycles. The van der Waals surface area contributed by atoms with E-state index in [0.717, 1.165) is 43.4 Å². The fraction of sp³-hybridized carbons (Fsp3) is 0.765. The van der Waals surface area contributed by atoms with Gasteiger partial charge in [0.05, 0.1) is 5.75 Å². The molecular formula is C17H29N3S. The van der Waals surface area contributed by atoms with E-state index in [4.69, 9.17) is 9.97 Å². The lowest BCUT2D eigenvalue weighted by molar-refractivity contribution is 0.669. The Bertz CT molecular complexity index is 430. The lowest BCUT2D eigenvalue weighted by Gasteiger charge is -2.14. The maximum atomic E-state index is 4.83. The summed E-state index contributed by atoms with van der Waals surface area (Å²) in [5, 5.41) is 4.23. The van der Waals surface area contributed by atoms with Gasteiger partial charge in [0, 0.05) is 17.4 Å². The lowest BCUT2D eigenvalue weighted by Crippen LogP contribution is -2.21. The third kappa shape index (κ3) is 5.26. The fourth-order valence-corrected chi connectivity index (χ4v) is 3.12. The summed E-state index contributed by atoms with van der Waals surface area (Å²) >= 11 is 1.92. The Hall–Kier alpha value is -0.610. The van der Waals surface area contributed by atoms with Crippen molar-refractivity contribution in [3.63, 3.8) is 0 Å². The Balaban J connectivity index is 2.08. The second kappa shape index (κ2) is 8.14. The average Bonchev–Trinajstić information content (AvgIpc) is 3.29. The zero-order valence-corrected chi connectivity index (χ0v) is 14.7. The maximum absolute atomic E-state index is 4.83. The molecule has 1 saturated carbocycles. The second-order valence-electron chi connectivity index (χ2n) is 6.06. The van der Waals surface area contributed by atoms with E-state index >= 15 is 0 Å². The Morgan fingerprint density at radius 2 is 1.76 bits per heavy atom. The first-order valence-electron chi connectivity index (χ1n) is 8.36. The van der Waals surface area contributed by atoms with E-state index in [1.807, 2.05) is 11.8 Å². The molecule has 1 heterocycles. The van der Waals surface area contributed by atoms with E-state index in [2.05, 4.69) is 33.0 Å². The fourth-order valence-electron chi connectivity index (χ4n) is 2.51. The highest BCUT2D eigenvalue weighted by molar-refractivity contribution is 7.99. The molecule has 0 aromatic carbocycles. The van der Waals surface area contributed by atoms with Gasteiger partial charge in [0.1, 0.15) is 5.82 Å². The third-order valence-electron chi connectivity index (χ3n) is 3.83. The summed E-state index contributed by atoms with van der Waals surface area (Å²) in [7, 11) is 0. The van der Waals surface area contributed by atoms with Gasteiger partial charge in [0.25, 0.3) is 0 Å². The number of thioether (sulfide) groups is 1. The summed E-state index contributed by atoms with van der Waals surface area (Å²) in [5.74, 6) is 1.94. The van der Waals surface area contributed by atoms with Crippen LogP contribution in [0.25, 0.3) is 0 Å². The van der Waals surface area contributed by atoms with Crippen LogP contribution in [0, 0.1) is 0 Å². The van der Waals surface area contributed by atoms with E-state index < -0.39 is 0 Å². The minimum absolute atomic E-state index is 0.631. The molecule has 0 amide bonds. The van der Waals surface area contributed by atoms with E-state index in [1.165, 1.54) is 29.8 Å². The van der Waals surface area contributed by atoms with Crippen LogP contribution in [0.3, 0.4) is 0 Å². The van der Waals surface area contributed by atoms with Crippen molar-refractivity contribution in [2.45, 2.75) is 76.8 Å². The topological polar surface area (TPSA) is 37.8 Å². The van der Waals surface area contributed by atoms with Crippen molar-refractivity contribution in [3.05, 3.63) is 22.8 Å². The van der Waals surface area contributed by atoms with Crippen LogP contribution in [0.1, 0.15) is 63.3 Å². The molecule has 0 aliphatic heterocycles. The average molecular weight is 308 g/mol. The number of nitrogens with zero attached hydrogens (tertiary/aromatic N) is 2. The number of nitrogens with one attached hydrogen (secondary N) is 1. The zero-order chi connectivity index (χ0) is 15.2. The number of hydrogen-bond acceptors (Lipinski definition) is 4. The normalized spacial score (nSPS) is 14.9. The van der Waals surface area contributed by atoms with Crippen molar-refractivity contribution in [2.75, 3.05) is 6.54 Å². The molecule has 1 N–H and O–H groups in total. The van der Waals surface area contributed by atoms with Gasteiger partial charge in [0.15, 0.2) is 0 Å². The molecule has 4 heteroatoms. The zero-order valence-electron chi connectivity index (χ0n) is 13.9. The van der Waals surface area contributed by atoms with Crippen molar-refractivity contribution in [1.29, 1.82) is 0 Å². The molecule has 21 heavy (non-hydrogen) atoms. The highest BCUT2D eigenvalue weighted by atomic mass is 32.2. The molecular weight excluding hydrogens is 278 g/mol. The molecule has 0 unspecified atom stereocenters. The standard InChI is InChI=1S/C17H29N3S/c1-5-15-14(9-10-18-13-7-8-13)16(6-2)20-17(19-15)11-21-12(3)4/h12-13,18H,5-11H2,1-4H3. The van der Waals surface area contributed by atoms with Gasteiger partial charge in [-0.2, -0.15) is 11.8 Å². The largest absolute Gasteiger partial charge is 0.314 e. The number of aryl methyl sites for hydroxylation is 2. The summed E-state index contributed by atoms with van der Waals surface area (Å²) in [4.78, 5) is 9.65. The SMILES string of the molecule is CCc1nc(CSC(C)C)nc(CC)c1CCNC1CC1. The molecule has 1 aliphatic rings. The Kier molecular flexibility index (Phi) is 6.49. The van der Waals surface area contributed by atoms with Crippen LogP contribution in [0.5, 0.6) is 0 Å². The van der Waals surface area contributed by atoms with Gasteiger partial charge in [-0.15, -0.1) is 0 Å². The van der Waals surface area contributed by atoms with Crippen LogP contribution in [0.15, 0.2) is 0 Å². The first kappa shape index (κ1) is 16.8. The highest BCUT2D eigenvalue weighted by Crippen LogP contribution is 2.21. The van der Waals surface area contributed by atoms with Gasteiger partial charge in [-0.05, 0) is 49.5 Å². The minimum Gasteiger partial charge on any atom is -0.314 e. The molecule has 1 aromatic rings. The van der Waals surface area contributed by atoms with Gasteiger partial charge in [-0.3, -0.25) is 0 Å². The first-order chi connectivity index (χ1) is 10.1. The van der Waals surface area contributed by atoms with Gasteiger partial charge >= 0.3 is 0 Å². The number of rotatable bonds is 9. The molecule has 3 nitrogen and oxygen atoms in total. The van der Waals surface area contributed by atoms with Crippen LogP contribution < -0.4 is 5.32 Å². The molecule has 118 valence electrons. The van der Waals surface area contributed by atoms with Gasteiger partial charge in [0.2, 0.25) is 0 Å². The molecule has 1 aliphatic carbocycles. The van der Waals surface area contributed by atoms with Crippen LogP contribution in [0.4, 0.5) is 0 Å². The first-order valence-corrected chi connectivity index (χ1v) is 9.41. The van der Waals surface area contributed by atoms with E-state index in [9.17, 15) is 0 Å². The third-order valence-corrected chi connectivity index (χ3v) is 4.92. The smallest absolute Gasteiger partial charge is 0.138 e. The van der Waals surface area contributed by atoms with Crippen LogP contribution in [-0.2, 0) is 25.0 Å². The Labute approximate surface area is 133 Å². The van der Waals surface area contributed by atoms with E-state index in [-0.39, 0.29) is 0 Å². The summed E-state index contributed by atoms with van der Waals surface area (Å²) < 4.78 is 0. The molecule has 0 spiro atoms. The predicted molar refractivity (Wildman–Crippen MR) is 91.9 cm³/mol. The molecule has 0 bridgehead atoms. The number of hydrogen-bond donors (Lipinski definition) is 1. The lowest BCUT2D eigenvalue weighted by atomic mass is 10.0. The summed E-state index contributed by atoms with van der Waals surface area (Å²) in [6, 6.07) is 0.780. The molecule has 0 atom stereocenters. The minimum atomic E-state index is 0.631. The van der Waals surface area contributed by atoms with Crippen LogP contribution in [-0.4, -0.2) is 27.8 Å². The monoisotopic (exact) mass is 307 g/mol. The Morgan fingerprint density at radius 3 is 2.24 bits per heavy atom. The highest BCUT2D eigenvalue weighted by Gasteiger charge is 2.20. The molecule has 0 radical (unpaired) electrons. The van der Waals surface area contributed by atoms with Gasteiger partial charge in [-0.25, -0.2) is 9.97 Å². The van der Waals surface area contributed by atoms with Crippen LogP contribution in [0.2, 0.25) is 0 Å². The van der Waals surface area contributed by atoms with Crippen molar-refractivity contribution in [2.24, 2.45) is 0 Å². The quantitative estimate of drug-likeness (QED) is 0.757. The summed E-state index contributed by atoms with van der Waals surface area (Å²) in [6.45, 7) is 9.93. The number of aromatic nitrogens is 2. The molecule has 0 saturated heterocycles. The molecule has 2 rings (SSSR count). The van der Waals surface area contributed by atoms with E-state index in [1.54, 1.807) is 0 Å². The van der Waals surface area contributed by atoms with Crippen molar-refractivity contribution >= 4 is 11.8 Å². The van der Waals surface area contributed by atoms with Crippen LogP contribution >= 0.6 is 11.8 Å². The van der Waals surface area contributed by atoms with Crippen molar-refractivity contribution < 1.29 is 0 Å². The van der Waals surface area contributed by atoms with Gasteiger partial charge < -0.3 is 5.32 Å². The van der Waals surface area contributed by atoms with Crippen molar-refractivity contribution in [3.8, 4) is 0 Å². The van der Waals surface area contributed by atoms with Crippen molar-refractivity contribution in [1.82, 2.24) is 15.3 Å². The molecule has 1 fully saturated rings. The second-order valence-corrected chi connectivity index (χ2v) is 7.62. The van der Waals surface area contributed by atoms with Gasteiger partial charge in [-0.1, -0.05) is 27.7 Å².